The van der Waals surface area contributed by atoms with E-state index in [4.69, 9.17) is 0 Å². The van der Waals surface area contributed by atoms with E-state index >= 15 is 0 Å². The third kappa shape index (κ3) is 2.36. The van der Waals surface area contributed by atoms with Crippen molar-refractivity contribution in [3.63, 3.8) is 0 Å². The van der Waals surface area contributed by atoms with Crippen molar-refractivity contribution in [1.82, 2.24) is 4.31 Å². The zero-order chi connectivity index (χ0) is 12.6. The molecule has 1 saturated heterocycles. The molecule has 1 aliphatic rings. The maximum atomic E-state index is 13.3. The summed E-state index contributed by atoms with van der Waals surface area (Å²) in [4.78, 5) is 0. The van der Waals surface area contributed by atoms with Crippen LogP contribution in [0.4, 0.5) is 25.3 Å². The van der Waals surface area contributed by atoms with Crippen LogP contribution < -0.4 is 0 Å². The first-order chi connectivity index (χ1) is 7.11. The maximum absolute atomic E-state index is 13.3. The summed E-state index contributed by atoms with van der Waals surface area (Å²) in [5.41, 5.74) is 0. The van der Waals surface area contributed by atoms with E-state index in [0.29, 0.717) is 0 Å². The van der Waals surface area contributed by atoms with Gasteiger partial charge in [0.05, 0.1) is 13.2 Å². The Labute approximate surface area is 94.5 Å². The van der Waals surface area contributed by atoms with Gasteiger partial charge in [-0.3, -0.25) is 0 Å². The van der Waals surface area contributed by atoms with Crippen molar-refractivity contribution in [3.8, 4) is 0 Å². The van der Waals surface area contributed by atoms with Crippen molar-refractivity contribution in [2.75, 3.05) is 26.3 Å². The molecule has 0 N–H and O–H groups in total. The maximum Gasteiger partial charge on any atom is 0.452 e. The van der Waals surface area contributed by atoms with Crippen LogP contribution in [0.1, 0.15) is 0 Å². The zero-order valence-electron chi connectivity index (χ0n) is 7.74. The first-order valence-corrected chi connectivity index (χ1v) is 5.87. The summed E-state index contributed by atoms with van der Waals surface area (Å²) >= 11 is 4.35. The van der Waals surface area contributed by atoms with Gasteiger partial charge in [0.25, 0.3) is 0 Å². The van der Waals surface area contributed by atoms with Crippen LogP contribution in [0, 0.1) is 0 Å². The van der Waals surface area contributed by atoms with E-state index in [1.807, 2.05) is 0 Å². The minimum Gasteiger partial charge on any atom is -0.379 e. The number of rotatable bonds is 2. The standard InChI is InChI=1S/C6H8ClF6NOS/c7-5(8,6(9,10)11)16(12,13)14-1-3-15-4-2-14/h1-4H2. The van der Waals surface area contributed by atoms with Gasteiger partial charge in [-0.15, -0.1) is 7.77 Å². The molecule has 0 aromatic rings. The third-order valence-electron chi connectivity index (χ3n) is 1.93. The van der Waals surface area contributed by atoms with Crippen LogP contribution in [0.3, 0.4) is 0 Å². The summed E-state index contributed by atoms with van der Waals surface area (Å²) < 4.78 is 75.6. The van der Waals surface area contributed by atoms with Crippen molar-refractivity contribution < 1.29 is 30.1 Å². The highest BCUT2D eigenvalue weighted by Gasteiger charge is 2.70. The van der Waals surface area contributed by atoms with Crippen molar-refractivity contribution in [2.45, 2.75) is 10.6 Å². The summed E-state index contributed by atoms with van der Waals surface area (Å²) in [5.74, 6) is 0. The molecular weight excluding hydrogens is 284 g/mol. The molecule has 0 spiro atoms. The van der Waals surface area contributed by atoms with E-state index in [9.17, 15) is 25.3 Å². The SMILES string of the molecule is FC(F)(F)C(F)(Cl)S(F)(F)N1CCOCC1. The molecule has 0 aromatic heterocycles. The van der Waals surface area contributed by atoms with Gasteiger partial charge in [-0.05, 0) is 0 Å². The highest BCUT2D eigenvalue weighted by atomic mass is 35.5. The van der Waals surface area contributed by atoms with Crippen LogP contribution in [0.25, 0.3) is 0 Å². The predicted octanol–water partition coefficient (Wildman–Crippen LogP) is 3.23. The van der Waals surface area contributed by atoms with E-state index in [0.717, 1.165) is 0 Å². The van der Waals surface area contributed by atoms with Crippen LogP contribution >= 0.6 is 22.6 Å². The Hall–Kier alpha value is 0.140. The minimum atomic E-state index is -5.81. The average molecular weight is 292 g/mol. The minimum absolute atomic E-state index is 0.108. The number of morpholine rings is 1. The Bertz CT molecular complexity index is 254. The number of halogens is 7. The number of hydrogen-bond donors (Lipinski definition) is 0. The highest BCUT2D eigenvalue weighted by molar-refractivity contribution is 8.25. The second-order valence-corrected chi connectivity index (χ2v) is 5.71. The normalized spacial score (nSPS) is 25.2. The molecule has 0 saturated carbocycles. The van der Waals surface area contributed by atoms with Crippen molar-refractivity contribution in [3.05, 3.63) is 0 Å². The Kier molecular flexibility index (Phi) is 3.93. The lowest BCUT2D eigenvalue weighted by molar-refractivity contribution is -0.172. The molecule has 0 amide bonds. The van der Waals surface area contributed by atoms with Crippen LogP contribution in [0.15, 0.2) is 0 Å². The largest absolute Gasteiger partial charge is 0.452 e. The topological polar surface area (TPSA) is 12.5 Å². The van der Waals surface area contributed by atoms with E-state index in [1.165, 1.54) is 0 Å². The highest BCUT2D eigenvalue weighted by Crippen LogP contribution is 2.72. The molecule has 16 heavy (non-hydrogen) atoms. The summed E-state index contributed by atoms with van der Waals surface area (Å²) in [6.07, 6.45) is -5.81. The lowest BCUT2D eigenvalue weighted by Crippen LogP contribution is -2.47. The number of nitrogens with zero attached hydrogens (tertiary/aromatic N) is 1. The number of hydrogen-bond acceptors (Lipinski definition) is 2. The van der Waals surface area contributed by atoms with Crippen LogP contribution in [0.2, 0.25) is 0 Å². The van der Waals surface area contributed by atoms with Gasteiger partial charge in [-0.2, -0.15) is 17.6 Å². The van der Waals surface area contributed by atoms with Crippen molar-refractivity contribution >= 4 is 22.6 Å². The van der Waals surface area contributed by atoms with E-state index in [-0.39, 0.29) is 17.5 Å². The molecule has 0 bridgehead atoms. The number of ether oxygens (including phenoxy) is 1. The first-order valence-electron chi connectivity index (χ1n) is 4.10. The van der Waals surface area contributed by atoms with Gasteiger partial charge < -0.3 is 4.74 Å². The van der Waals surface area contributed by atoms with Gasteiger partial charge in [-0.1, -0.05) is 11.6 Å². The van der Waals surface area contributed by atoms with Gasteiger partial charge in [0, 0.05) is 13.1 Å². The van der Waals surface area contributed by atoms with Gasteiger partial charge >= 0.3 is 10.6 Å². The fraction of sp³-hybridized carbons (Fsp3) is 1.00. The van der Waals surface area contributed by atoms with Gasteiger partial charge in [0.1, 0.15) is 0 Å². The summed E-state index contributed by atoms with van der Waals surface area (Å²) in [6, 6.07) is 0. The molecule has 1 heterocycles. The lowest BCUT2D eigenvalue weighted by atomic mass is 10.5. The second-order valence-electron chi connectivity index (χ2n) is 3.00. The molecular formula is C6H8ClF6NOS. The number of alkyl halides is 5. The summed E-state index contributed by atoms with van der Waals surface area (Å²) in [7, 11) is -5.79. The molecule has 10 heteroatoms. The zero-order valence-corrected chi connectivity index (χ0v) is 9.31. The van der Waals surface area contributed by atoms with E-state index < -0.39 is 34.7 Å². The molecule has 1 fully saturated rings. The second kappa shape index (κ2) is 4.43. The van der Waals surface area contributed by atoms with Crippen molar-refractivity contribution in [1.29, 1.82) is 0 Å². The Morgan fingerprint density at radius 2 is 1.50 bits per heavy atom. The Balaban J connectivity index is 2.90. The monoisotopic (exact) mass is 291 g/mol. The van der Waals surface area contributed by atoms with Gasteiger partial charge in [0.2, 0.25) is 0 Å². The first kappa shape index (κ1) is 14.2. The Morgan fingerprint density at radius 1 is 1.06 bits per heavy atom. The fourth-order valence-electron chi connectivity index (χ4n) is 1.08. The molecule has 98 valence electrons. The van der Waals surface area contributed by atoms with Crippen LogP contribution in [-0.4, -0.2) is 41.2 Å². The fourth-order valence-corrected chi connectivity index (χ4v) is 2.58. The van der Waals surface area contributed by atoms with E-state index in [1.54, 1.807) is 0 Å². The Morgan fingerprint density at radius 3 is 1.88 bits per heavy atom. The quantitative estimate of drug-likeness (QED) is 0.572. The van der Waals surface area contributed by atoms with Gasteiger partial charge in [0.15, 0.2) is 11.0 Å². The lowest BCUT2D eigenvalue weighted by Gasteiger charge is -2.41. The molecule has 0 radical (unpaired) electrons. The smallest absolute Gasteiger partial charge is 0.379 e. The average Bonchev–Trinajstić information content (AvgIpc) is 2.17. The molecule has 0 aromatic carbocycles. The molecule has 2 nitrogen and oxygen atoms in total. The predicted molar refractivity (Wildman–Crippen MR) is 47.9 cm³/mol. The summed E-state index contributed by atoms with van der Waals surface area (Å²) in [5, 5.41) is 0. The molecule has 1 rings (SSSR count). The molecule has 1 aliphatic heterocycles. The van der Waals surface area contributed by atoms with Crippen molar-refractivity contribution in [2.24, 2.45) is 0 Å². The van der Waals surface area contributed by atoms with Crippen LogP contribution in [0.5, 0.6) is 0 Å². The van der Waals surface area contributed by atoms with Gasteiger partial charge in [-0.25, -0.2) is 4.31 Å². The van der Waals surface area contributed by atoms with Crippen LogP contribution in [-0.2, 0) is 4.74 Å². The summed E-state index contributed by atoms with van der Waals surface area (Å²) in [6.45, 7) is -1.30. The molecule has 1 unspecified atom stereocenters. The van der Waals surface area contributed by atoms with E-state index in [2.05, 4.69) is 16.3 Å². The molecule has 0 aliphatic carbocycles. The third-order valence-corrected chi connectivity index (χ3v) is 4.57. The molecule has 1 atom stereocenters.